The topological polar surface area (TPSA) is 76.0 Å². The molecule has 0 saturated heterocycles. The lowest BCUT2D eigenvalue weighted by molar-refractivity contribution is -0.124. The van der Waals surface area contributed by atoms with E-state index in [0.29, 0.717) is 23.6 Å². The number of hydrogen-bond acceptors (Lipinski definition) is 3. The summed E-state index contributed by atoms with van der Waals surface area (Å²) in [5.41, 5.74) is 2.57. The van der Waals surface area contributed by atoms with Crippen LogP contribution in [0.2, 0.25) is 5.02 Å². The molecule has 0 fully saturated rings. The summed E-state index contributed by atoms with van der Waals surface area (Å²) in [6.07, 6.45) is 5.10. The fourth-order valence-electron chi connectivity index (χ4n) is 3.20. The highest BCUT2D eigenvalue weighted by atomic mass is 35.5. The Morgan fingerprint density at radius 2 is 1.81 bits per heavy atom. The first-order valence-electron chi connectivity index (χ1n) is 10.4. The average molecular weight is 439 g/mol. The molecule has 0 aliphatic heterocycles. The van der Waals surface area contributed by atoms with Crippen LogP contribution in [0.3, 0.4) is 0 Å². The summed E-state index contributed by atoms with van der Waals surface area (Å²) >= 11 is 5.89. The SMILES string of the molecule is CCC(C)C(NC(=O)c1ccc(Cl)cc1)C(=O)NCCc1ccc(-n2cccn2)cc1. The van der Waals surface area contributed by atoms with Crippen molar-refractivity contribution >= 4 is 23.4 Å². The van der Waals surface area contributed by atoms with Gasteiger partial charge in [0.15, 0.2) is 0 Å². The predicted molar refractivity (Wildman–Crippen MR) is 122 cm³/mol. The van der Waals surface area contributed by atoms with Gasteiger partial charge in [0.05, 0.1) is 5.69 Å². The van der Waals surface area contributed by atoms with Crippen LogP contribution in [0, 0.1) is 5.92 Å². The van der Waals surface area contributed by atoms with E-state index in [4.69, 9.17) is 11.6 Å². The second kappa shape index (κ2) is 10.8. The Labute approximate surface area is 187 Å². The van der Waals surface area contributed by atoms with E-state index < -0.39 is 6.04 Å². The van der Waals surface area contributed by atoms with Crippen molar-refractivity contribution in [3.63, 3.8) is 0 Å². The quantitative estimate of drug-likeness (QED) is 0.529. The Hall–Kier alpha value is -3.12. The highest BCUT2D eigenvalue weighted by Crippen LogP contribution is 2.13. The third kappa shape index (κ3) is 6.18. The van der Waals surface area contributed by atoms with Crippen LogP contribution in [0.1, 0.15) is 36.2 Å². The smallest absolute Gasteiger partial charge is 0.251 e. The zero-order chi connectivity index (χ0) is 22.2. The Morgan fingerprint density at radius 3 is 2.42 bits per heavy atom. The summed E-state index contributed by atoms with van der Waals surface area (Å²) in [7, 11) is 0. The van der Waals surface area contributed by atoms with Gasteiger partial charge >= 0.3 is 0 Å². The van der Waals surface area contributed by atoms with Gasteiger partial charge in [-0.2, -0.15) is 5.10 Å². The molecule has 162 valence electrons. The molecule has 0 bridgehead atoms. The van der Waals surface area contributed by atoms with Gasteiger partial charge in [0, 0.05) is 29.5 Å². The normalized spacial score (nSPS) is 12.7. The Balaban J connectivity index is 1.55. The van der Waals surface area contributed by atoms with Gasteiger partial charge in [-0.3, -0.25) is 9.59 Å². The molecule has 0 saturated carbocycles. The third-order valence-electron chi connectivity index (χ3n) is 5.31. The molecular weight excluding hydrogens is 412 g/mol. The first-order valence-corrected chi connectivity index (χ1v) is 10.8. The molecule has 2 unspecified atom stereocenters. The van der Waals surface area contributed by atoms with Gasteiger partial charge in [-0.25, -0.2) is 4.68 Å². The molecule has 0 spiro atoms. The highest BCUT2D eigenvalue weighted by molar-refractivity contribution is 6.30. The number of halogens is 1. The van der Waals surface area contributed by atoms with Gasteiger partial charge < -0.3 is 10.6 Å². The molecule has 2 amide bonds. The van der Waals surface area contributed by atoms with Crippen LogP contribution in [0.5, 0.6) is 0 Å². The van der Waals surface area contributed by atoms with Crippen LogP contribution in [0.15, 0.2) is 67.0 Å². The predicted octanol–water partition coefficient (Wildman–Crippen LogP) is 4.03. The van der Waals surface area contributed by atoms with Crippen molar-refractivity contribution < 1.29 is 9.59 Å². The third-order valence-corrected chi connectivity index (χ3v) is 5.56. The first-order chi connectivity index (χ1) is 15.0. The number of carbonyl (C=O) groups is 2. The van der Waals surface area contributed by atoms with Gasteiger partial charge in [0.1, 0.15) is 6.04 Å². The summed E-state index contributed by atoms with van der Waals surface area (Å²) in [5.74, 6) is -0.458. The Morgan fingerprint density at radius 1 is 1.10 bits per heavy atom. The molecule has 1 aromatic heterocycles. The number of aromatic nitrogens is 2. The second-order valence-corrected chi connectivity index (χ2v) is 7.94. The molecule has 3 rings (SSSR count). The summed E-state index contributed by atoms with van der Waals surface area (Å²) < 4.78 is 1.80. The minimum atomic E-state index is -0.602. The fraction of sp³-hybridized carbons (Fsp3) is 0.292. The largest absolute Gasteiger partial charge is 0.354 e. The summed E-state index contributed by atoms with van der Waals surface area (Å²) in [6, 6.07) is 15.9. The molecule has 31 heavy (non-hydrogen) atoms. The Bertz CT molecular complexity index is 985. The van der Waals surface area contributed by atoms with Crippen LogP contribution in [0.4, 0.5) is 0 Å². The molecule has 2 N–H and O–H groups in total. The molecule has 1 heterocycles. The maximum Gasteiger partial charge on any atom is 0.251 e. The molecule has 0 aliphatic rings. The molecule has 2 atom stereocenters. The van der Waals surface area contributed by atoms with Gasteiger partial charge in [-0.1, -0.05) is 44.0 Å². The van der Waals surface area contributed by atoms with Crippen LogP contribution >= 0.6 is 11.6 Å². The fourth-order valence-corrected chi connectivity index (χ4v) is 3.33. The van der Waals surface area contributed by atoms with E-state index in [0.717, 1.165) is 17.7 Å². The molecule has 0 radical (unpaired) electrons. The molecule has 3 aromatic rings. The van der Waals surface area contributed by atoms with E-state index >= 15 is 0 Å². The maximum atomic E-state index is 12.8. The molecular formula is C24H27ClN4O2. The second-order valence-electron chi connectivity index (χ2n) is 7.50. The number of rotatable bonds is 9. The number of nitrogens with zero attached hydrogens (tertiary/aromatic N) is 2. The van der Waals surface area contributed by atoms with Crippen LogP contribution < -0.4 is 10.6 Å². The van der Waals surface area contributed by atoms with Crippen molar-refractivity contribution in [3.8, 4) is 5.69 Å². The first kappa shape index (κ1) is 22.6. The monoisotopic (exact) mass is 438 g/mol. The maximum absolute atomic E-state index is 12.8. The van der Waals surface area contributed by atoms with E-state index in [1.807, 2.05) is 50.4 Å². The van der Waals surface area contributed by atoms with Crippen molar-refractivity contribution in [2.75, 3.05) is 6.54 Å². The van der Waals surface area contributed by atoms with Gasteiger partial charge in [-0.05, 0) is 60.4 Å². The van der Waals surface area contributed by atoms with E-state index in [1.54, 1.807) is 35.1 Å². The van der Waals surface area contributed by atoms with E-state index in [-0.39, 0.29) is 17.7 Å². The number of hydrogen-bond donors (Lipinski definition) is 2. The molecule has 0 aliphatic carbocycles. The summed E-state index contributed by atoms with van der Waals surface area (Å²) in [4.78, 5) is 25.4. The summed E-state index contributed by atoms with van der Waals surface area (Å²) in [6.45, 7) is 4.45. The average Bonchev–Trinajstić information content (AvgIpc) is 3.32. The van der Waals surface area contributed by atoms with Crippen molar-refractivity contribution in [1.82, 2.24) is 20.4 Å². The van der Waals surface area contributed by atoms with Gasteiger partial charge in [0.2, 0.25) is 5.91 Å². The van der Waals surface area contributed by atoms with Crippen LogP contribution in [0.25, 0.3) is 5.69 Å². The van der Waals surface area contributed by atoms with Crippen molar-refractivity contribution in [2.45, 2.75) is 32.7 Å². The number of amides is 2. The summed E-state index contributed by atoms with van der Waals surface area (Å²) in [5, 5.41) is 10.6. The zero-order valence-electron chi connectivity index (χ0n) is 17.7. The molecule has 6 nitrogen and oxygen atoms in total. The number of benzene rings is 2. The van der Waals surface area contributed by atoms with E-state index in [9.17, 15) is 9.59 Å². The number of carbonyl (C=O) groups excluding carboxylic acids is 2. The van der Waals surface area contributed by atoms with Gasteiger partial charge in [0.25, 0.3) is 5.91 Å². The van der Waals surface area contributed by atoms with E-state index in [2.05, 4.69) is 15.7 Å². The zero-order valence-corrected chi connectivity index (χ0v) is 18.5. The lowest BCUT2D eigenvalue weighted by Gasteiger charge is -2.23. The van der Waals surface area contributed by atoms with E-state index in [1.165, 1.54) is 0 Å². The minimum absolute atomic E-state index is 0.00426. The van der Waals surface area contributed by atoms with Crippen molar-refractivity contribution in [2.24, 2.45) is 5.92 Å². The van der Waals surface area contributed by atoms with Gasteiger partial charge in [-0.15, -0.1) is 0 Å². The lowest BCUT2D eigenvalue weighted by atomic mass is 9.97. The van der Waals surface area contributed by atoms with Crippen LogP contribution in [-0.2, 0) is 11.2 Å². The Kier molecular flexibility index (Phi) is 7.84. The van der Waals surface area contributed by atoms with Crippen molar-refractivity contribution in [1.29, 1.82) is 0 Å². The minimum Gasteiger partial charge on any atom is -0.354 e. The lowest BCUT2D eigenvalue weighted by Crippen LogP contribution is -2.50. The standard InChI is InChI=1S/C24H27ClN4O2/c1-3-17(2)22(28-23(30)19-7-9-20(25)10-8-19)24(31)26-15-13-18-5-11-21(12-6-18)29-16-4-14-27-29/h4-12,14,16-17,22H,3,13,15H2,1-2H3,(H,26,31)(H,28,30). The number of nitrogens with one attached hydrogen (secondary N) is 2. The van der Waals surface area contributed by atoms with Crippen LogP contribution in [-0.4, -0.2) is 34.2 Å². The highest BCUT2D eigenvalue weighted by Gasteiger charge is 2.26. The molecule has 2 aromatic carbocycles. The molecule has 7 heteroatoms. The van der Waals surface area contributed by atoms with Crippen molar-refractivity contribution in [3.05, 3.63) is 83.1 Å².